The van der Waals surface area contributed by atoms with Gasteiger partial charge in [-0.15, -0.1) is 0 Å². The number of carbonyl (C=O) groups is 1. The van der Waals surface area contributed by atoms with Crippen molar-refractivity contribution in [2.45, 2.75) is 12.3 Å². The lowest BCUT2D eigenvalue weighted by Crippen LogP contribution is -2.14. The summed E-state index contributed by atoms with van der Waals surface area (Å²) in [6.07, 6.45) is 2.09. The molecule has 0 radical (unpaired) electrons. The van der Waals surface area contributed by atoms with E-state index in [-0.39, 0.29) is 11.8 Å². The average molecular weight is 222 g/mol. The minimum atomic E-state index is 0.0537. The van der Waals surface area contributed by atoms with Crippen LogP contribution in [0.3, 0.4) is 0 Å². The Labute approximate surface area is 93.8 Å². The Hall–Kier alpha value is -1.78. The van der Waals surface area contributed by atoms with Crippen LogP contribution < -0.4 is 14.8 Å². The first-order valence-corrected chi connectivity index (χ1v) is 5.09. The Morgan fingerprint density at radius 1 is 1.44 bits per heavy atom. The highest BCUT2D eigenvalue weighted by Crippen LogP contribution is 2.36. The maximum absolute atomic E-state index is 11.2. The Morgan fingerprint density at radius 3 is 2.81 bits per heavy atom. The van der Waals surface area contributed by atoms with Gasteiger partial charge >= 0.3 is 0 Å². The van der Waals surface area contributed by atoms with Gasteiger partial charge in [-0.3, -0.25) is 4.79 Å². The SMILES string of the molecule is COc1ccnc(OC)c1C1CNC(=O)C1. The van der Waals surface area contributed by atoms with Gasteiger partial charge in [0.05, 0.1) is 19.8 Å². The van der Waals surface area contributed by atoms with Crippen LogP contribution in [0.5, 0.6) is 11.6 Å². The number of hydrogen-bond donors (Lipinski definition) is 1. The molecule has 2 heterocycles. The average Bonchev–Trinajstić information content (AvgIpc) is 2.74. The number of pyridine rings is 1. The highest BCUT2D eigenvalue weighted by Gasteiger charge is 2.29. The van der Waals surface area contributed by atoms with E-state index in [4.69, 9.17) is 9.47 Å². The highest BCUT2D eigenvalue weighted by atomic mass is 16.5. The van der Waals surface area contributed by atoms with E-state index in [2.05, 4.69) is 10.3 Å². The second-order valence-corrected chi connectivity index (χ2v) is 3.64. The van der Waals surface area contributed by atoms with Crippen LogP contribution in [0, 0.1) is 0 Å². The lowest BCUT2D eigenvalue weighted by molar-refractivity contribution is -0.119. The van der Waals surface area contributed by atoms with Gasteiger partial charge in [0.1, 0.15) is 5.75 Å². The van der Waals surface area contributed by atoms with E-state index < -0.39 is 0 Å². The molecule has 16 heavy (non-hydrogen) atoms. The minimum absolute atomic E-state index is 0.0537. The first kappa shape index (κ1) is 10.7. The standard InChI is InChI=1S/C11H14N2O3/c1-15-8-3-4-12-11(16-2)10(8)7-5-9(14)13-6-7/h3-4,7H,5-6H2,1-2H3,(H,13,14). The molecule has 0 bridgehead atoms. The fraction of sp³-hybridized carbons (Fsp3) is 0.455. The first-order chi connectivity index (χ1) is 7.76. The summed E-state index contributed by atoms with van der Waals surface area (Å²) in [6.45, 7) is 0.608. The molecule has 1 aliphatic rings. The molecule has 5 heteroatoms. The number of methoxy groups -OCH3 is 2. The molecule has 0 aliphatic carbocycles. The minimum Gasteiger partial charge on any atom is -0.496 e. The van der Waals surface area contributed by atoms with E-state index in [1.165, 1.54) is 0 Å². The molecule has 1 aromatic heterocycles. The van der Waals surface area contributed by atoms with Crippen molar-refractivity contribution in [2.75, 3.05) is 20.8 Å². The fourth-order valence-corrected chi connectivity index (χ4v) is 1.96. The van der Waals surface area contributed by atoms with Crippen molar-refractivity contribution < 1.29 is 14.3 Å². The second-order valence-electron chi connectivity index (χ2n) is 3.64. The number of carbonyl (C=O) groups excluding carboxylic acids is 1. The lowest BCUT2D eigenvalue weighted by Gasteiger charge is -2.15. The zero-order chi connectivity index (χ0) is 11.5. The van der Waals surface area contributed by atoms with Crippen molar-refractivity contribution in [1.82, 2.24) is 10.3 Å². The van der Waals surface area contributed by atoms with Crippen molar-refractivity contribution in [3.05, 3.63) is 17.8 Å². The summed E-state index contributed by atoms with van der Waals surface area (Å²) in [5.41, 5.74) is 0.867. The number of amides is 1. The van der Waals surface area contributed by atoms with Crippen molar-refractivity contribution in [3.8, 4) is 11.6 Å². The molecular weight excluding hydrogens is 208 g/mol. The summed E-state index contributed by atoms with van der Waals surface area (Å²) in [5, 5.41) is 2.79. The van der Waals surface area contributed by atoms with Gasteiger partial charge in [-0.2, -0.15) is 0 Å². The predicted molar refractivity (Wildman–Crippen MR) is 57.7 cm³/mol. The third kappa shape index (κ3) is 1.80. The number of aromatic nitrogens is 1. The molecular formula is C11H14N2O3. The maximum Gasteiger partial charge on any atom is 0.220 e. The number of nitrogens with zero attached hydrogens (tertiary/aromatic N) is 1. The fourth-order valence-electron chi connectivity index (χ4n) is 1.96. The van der Waals surface area contributed by atoms with Crippen LogP contribution in [0.2, 0.25) is 0 Å². The summed E-state index contributed by atoms with van der Waals surface area (Å²) in [5.74, 6) is 1.37. The van der Waals surface area contributed by atoms with Gasteiger partial charge in [0.15, 0.2) is 0 Å². The smallest absolute Gasteiger partial charge is 0.220 e. The van der Waals surface area contributed by atoms with Gasteiger partial charge < -0.3 is 14.8 Å². The maximum atomic E-state index is 11.2. The van der Waals surface area contributed by atoms with E-state index in [1.807, 2.05) is 0 Å². The van der Waals surface area contributed by atoms with Crippen molar-refractivity contribution in [3.63, 3.8) is 0 Å². The van der Waals surface area contributed by atoms with Gasteiger partial charge in [0, 0.05) is 25.1 Å². The largest absolute Gasteiger partial charge is 0.496 e. The number of ether oxygens (including phenoxy) is 2. The quantitative estimate of drug-likeness (QED) is 0.818. The third-order valence-corrected chi connectivity index (χ3v) is 2.71. The molecule has 2 rings (SSSR count). The van der Waals surface area contributed by atoms with Crippen LogP contribution in [-0.4, -0.2) is 31.7 Å². The summed E-state index contributed by atoms with van der Waals surface area (Å²) >= 11 is 0. The van der Waals surface area contributed by atoms with Gasteiger partial charge in [0.25, 0.3) is 0 Å². The van der Waals surface area contributed by atoms with E-state index in [1.54, 1.807) is 26.5 Å². The predicted octanol–water partition coefficient (Wildman–Crippen LogP) is 0.702. The first-order valence-electron chi connectivity index (χ1n) is 5.09. The molecule has 1 fully saturated rings. The van der Waals surface area contributed by atoms with Gasteiger partial charge in [0.2, 0.25) is 11.8 Å². The molecule has 1 atom stereocenters. The lowest BCUT2D eigenvalue weighted by atomic mass is 9.98. The Balaban J connectivity index is 2.40. The number of hydrogen-bond acceptors (Lipinski definition) is 4. The normalized spacial score (nSPS) is 19.4. The molecule has 5 nitrogen and oxygen atoms in total. The highest BCUT2D eigenvalue weighted by molar-refractivity contribution is 5.79. The van der Waals surface area contributed by atoms with Gasteiger partial charge in [-0.05, 0) is 6.07 Å². The van der Waals surface area contributed by atoms with Crippen molar-refractivity contribution >= 4 is 5.91 Å². The summed E-state index contributed by atoms with van der Waals surface area (Å²) in [4.78, 5) is 15.3. The molecule has 1 saturated heterocycles. The Bertz CT molecular complexity index is 384. The second kappa shape index (κ2) is 4.38. The zero-order valence-corrected chi connectivity index (χ0v) is 9.32. The summed E-state index contributed by atoms with van der Waals surface area (Å²) in [6, 6.07) is 1.78. The summed E-state index contributed by atoms with van der Waals surface area (Å²) < 4.78 is 10.5. The van der Waals surface area contributed by atoms with E-state index in [0.29, 0.717) is 24.6 Å². The number of rotatable bonds is 3. The Kier molecular flexibility index (Phi) is 2.94. The van der Waals surface area contributed by atoms with Crippen LogP contribution in [-0.2, 0) is 4.79 Å². The van der Waals surface area contributed by atoms with Crippen LogP contribution in [0.25, 0.3) is 0 Å². The molecule has 1 N–H and O–H groups in total. The Morgan fingerprint density at radius 2 is 2.25 bits per heavy atom. The van der Waals surface area contributed by atoms with Gasteiger partial charge in [-0.25, -0.2) is 4.98 Å². The molecule has 86 valence electrons. The van der Waals surface area contributed by atoms with Crippen LogP contribution in [0.15, 0.2) is 12.3 Å². The van der Waals surface area contributed by atoms with Crippen molar-refractivity contribution in [2.24, 2.45) is 0 Å². The molecule has 0 aromatic carbocycles. The van der Waals surface area contributed by atoms with Gasteiger partial charge in [-0.1, -0.05) is 0 Å². The number of nitrogens with one attached hydrogen (secondary N) is 1. The third-order valence-electron chi connectivity index (χ3n) is 2.71. The molecule has 1 aromatic rings. The van der Waals surface area contributed by atoms with E-state index >= 15 is 0 Å². The molecule has 1 unspecified atom stereocenters. The molecule has 0 spiro atoms. The monoisotopic (exact) mass is 222 g/mol. The van der Waals surface area contributed by atoms with E-state index in [9.17, 15) is 4.79 Å². The molecule has 0 saturated carbocycles. The summed E-state index contributed by atoms with van der Waals surface area (Å²) in [7, 11) is 3.16. The zero-order valence-electron chi connectivity index (χ0n) is 9.32. The van der Waals surface area contributed by atoms with Crippen LogP contribution in [0.4, 0.5) is 0 Å². The molecule has 1 amide bonds. The topological polar surface area (TPSA) is 60.5 Å². The van der Waals surface area contributed by atoms with E-state index in [0.717, 1.165) is 5.56 Å². The van der Waals surface area contributed by atoms with Crippen LogP contribution in [0.1, 0.15) is 17.9 Å². The molecule has 1 aliphatic heterocycles. The van der Waals surface area contributed by atoms with Crippen molar-refractivity contribution in [1.29, 1.82) is 0 Å². The van der Waals surface area contributed by atoms with Crippen LogP contribution >= 0.6 is 0 Å².